The number of hydrogen-bond acceptors (Lipinski definition) is 4. The number of halogens is 1. The van der Waals surface area contributed by atoms with Gasteiger partial charge in [-0.2, -0.15) is 0 Å². The predicted molar refractivity (Wildman–Crippen MR) is 85.6 cm³/mol. The number of rotatable bonds is 3. The van der Waals surface area contributed by atoms with Crippen LogP contribution in [-0.4, -0.2) is 15.0 Å². The number of fused-ring (bicyclic) bond motifs is 1. The van der Waals surface area contributed by atoms with E-state index in [0.717, 1.165) is 28.0 Å². The van der Waals surface area contributed by atoms with Crippen LogP contribution in [0.3, 0.4) is 0 Å². The lowest BCUT2D eigenvalue weighted by Gasteiger charge is -2.17. The molecule has 106 valence electrons. The summed E-state index contributed by atoms with van der Waals surface area (Å²) in [4.78, 5) is 13.1. The first-order valence-electron chi connectivity index (χ1n) is 6.74. The summed E-state index contributed by atoms with van der Waals surface area (Å²) in [5.41, 5.74) is 3.64. The minimum Gasteiger partial charge on any atom is -0.375 e. The lowest BCUT2D eigenvalue weighted by atomic mass is 10.1. The second kappa shape index (κ2) is 5.66. The number of aryl methyl sites for hydroxylation is 1. The number of anilines is 1. The van der Waals surface area contributed by atoms with Gasteiger partial charge in [0.15, 0.2) is 0 Å². The number of nitrogens with zero attached hydrogens (tertiary/aromatic N) is 3. The molecule has 0 fully saturated rings. The quantitative estimate of drug-likeness (QED) is 0.789. The normalized spacial score (nSPS) is 12.3. The maximum absolute atomic E-state index is 6.22. The van der Waals surface area contributed by atoms with E-state index in [1.165, 1.54) is 0 Å². The van der Waals surface area contributed by atoms with Crippen molar-refractivity contribution in [3.63, 3.8) is 0 Å². The monoisotopic (exact) mass is 298 g/mol. The first-order chi connectivity index (χ1) is 10.2. The zero-order chi connectivity index (χ0) is 14.8. The number of pyridine rings is 1. The van der Waals surface area contributed by atoms with Gasteiger partial charge in [0.25, 0.3) is 0 Å². The van der Waals surface area contributed by atoms with Crippen molar-refractivity contribution < 1.29 is 0 Å². The van der Waals surface area contributed by atoms with E-state index in [-0.39, 0.29) is 6.04 Å². The molecule has 1 N–H and O–H groups in total. The van der Waals surface area contributed by atoms with Crippen molar-refractivity contribution >= 4 is 28.2 Å². The van der Waals surface area contributed by atoms with Gasteiger partial charge in [-0.3, -0.25) is 15.0 Å². The molecule has 2 aromatic heterocycles. The fourth-order valence-corrected chi connectivity index (χ4v) is 2.61. The third-order valence-electron chi connectivity index (χ3n) is 3.42. The molecule has 5 heteroatoms. The van der Waals surface area contributed by atoms with Gasteiger partial charge >= 0.3 is 0 Å². The second-order valence-electron chi connectivity index (χ2n) is 4.89. The van der Waals surface area contributed by atoms with Crippen molar-refractivity contribution in [3.05, 3.63) is 59.3 Å². The molecule has 0 aliphatic heterocycles. The molecule has 0 aliphatic carbocycles. The third-order valence-corrected chi connectivity index (χ3v) is 3.75. The zero-order valence-electron chi connectivity index (χ0n) is 11.8. The predicted octanol–water partition coefficient (Wildman–Crippen LogP) is 4.16. The molecule has 1 aromatic carbocycles. The van der Waals surface area contributed by atoms with Crippen molar-refractivity contribution in [1.29, 1.82) is 0 Å². The van der Waals surface area contributed by atoms with Crippen LogP contribution in [0.4, 0.5) is 5.69 Å². The van der Waals surface area contributed by atoms with Gasteiger partial charge in [-0.15, -0.1) is 0 Å². The van der Waals surface area contributed by atoms with E-state index in [1.807, 2.05) is 31.2 Å². The van der Waals surface area contributed by atoms with Crippen LogP contribution < -0.4 is 5.32 Å². The van der Waals surface area contributed by atoms with Gasteiger partial charge in [0, 0.05) is 24.0 Å². The molecule has 3 rings (SSSR count). The first-order valence-corrected chi connectivity index (χ1v) is 7.12. The van der Waals surface area contributed by atoms with Gasteiger partial charge in [0.05, 0.1) is 33.7 Å². The molecule has 3 aromatic rings. The van der Waals surface area contributed by atoms with Crippen LogP contribution in [0.15, 0.2) is 42.9 Å². The molecule has 0 amide bonds. The highest BCUT2D eigenvalue weighted by molar-refractivity contribution is 6.35. The number of hydrogen-bond donors (Lipinski definition) is 1. The van der Waals surface area contributed by atoms with Gasteiger partial charge in [-0.25, -0.2) is 0 Å². The fraction of sp³-hybridized carbons (Fsp3) is 0.188. The summed E-state index contributed by atoms with van der Waals surface area (Å²) in [6.45, 7) is 4.01. The SMILES string of the molecule is Cc1nccnc1C(C)Nc1ccc(Cl)c2cccnc12. The Bertz CT molecular complexity index is 788. The standard InChI is InChI=1S/C16H15ClN4/c1-10-15(20-9-8-18-10)11(2)21-14-6-5-13(17)12-4-3-7-19-16(12)14/h3-9,11,21H,1-2H3. The van der Waals surface area contributed by atoms with Gasteiger partial charge < -0.3 is 5.32 Å². The van der Waals surface area contributed by atoms with E-state index in [0.29, 0.717) is 5.02 Å². The Hall–Kier alpha value is -2.20. The largest absolute Gasteiger partial charge is 0.375 e. The van der Waals surface area contributed by atoms with Crippen LogP contribution in [0.2, 0.25) is 5.02 Å². The van der Waals surface area contributed by atoms with Gasteiger partial charge in [0.1, 0.15) is 0 Å². The Balaban J connectivity index is 1.99. The Morgan fingerprint density at radius 3 is 2.67 bits per heavy atom. The summed E-state index contributed by atoms with van der Waals surface area (Å²) >= 11 is 6.22. The van der Waals surface area contributed by atoms with Crippen LogP contribution in [0, 0.1) is 6.92 Å². The van der Waals surface area contributed by atoms with Crippen LogP contribution in [0.5, 0.6) is 0 Å². The Labute approximate surface area is 128 Å². The molecular weight excluding hydrogens is 284 g/mol. The van der Waals surface area contributed by atoms with E-state index in [1.54, 1.807) is 18.6 Å². The minimum absolute atomic E-state index is 0.0325. The summed E-state index contributed by atoms with van der Waals surface area (Å²) in [7, 11) is 0. The van der Waals surface area contributed by atoms with Crippen molar-refractivity contribution in [2.24, 2.45) is 0 Å². The summed E-state index contributed by atoms with van der Waals surface area (Å²) in [5.74, 6) is 0. The molecule has 2 heterocycles. The van der Waals surface area contributed by atoms with E-state index in [4.69, 9.17) is 11.6 Å². The van der Waals surface area contributed by atoms with Crippen LogP contribution in [0.1, 0.15) is 24.4 Å². The van der Waals surface area contributed by atoms with Crippen LogP contribution in [-0.2, 0) is 0 Å². The highest BCUT2D eigenvalue weighted by Crippen LogP contribution is 2.30. The second-order valence-corrected chi connectivity index (χ2v) is 5.29. The molecule has 0 bridgehead atoms. The van der Waals surface area contributed by atoms with Crippen LogP contribution in [0.25, 0.3) is 10.9 Å². The number of nitrogens with one attached hydrogen (secondary N) is 1. The summed E-state index contributed by atoms with van der Waals surface area (Å²) in [6.07, 6.45) is 5.17. The summed E-state index contributed by atoms with van der Waals surface area (Å²) < 4.78 is 0. The zero-order valence-corrected chi connectivity index (χ0v) is 12.6. The fourth-order valence-electron chi connectivity index (χ4n) is 2.40. The molecule has 1 atom stereocenters. The summed E-state index contributed by atoms with van der Waals surface area (Å²) in [6, 6.07) is 7.71. The average Bonchev–Trinajstić information content (AvgIpc) is 2.51. The van der Waals surface area contributed by atoms with Crippen molar-refractivity contribution in [1.82, 2.24) is 15.0 Å². The Morgan fingerprint density at radius 1 is 1.05 bits per heavy atom. The molecule has 0 spiro atoms. The molecule has 0 saturated carbocycles. The summed E-state index contributed by atoms with van der Waals surface area (Å²) in [5, 5.41) is 5.08. The van der Waals surface area contributed by atoms with Crippen LogP contribution >= 0.6 is 11.6 Å². The van der Waals surface area contributed by atoms with Gasteiger partial charge in [0.2, 0.25) is 0 Å². The van der Waals surface area contributed by atoms with E-state index < -0.39 is 0 Å². The molecule has 4 nitrogen and oxygen atoms in total. The first kappa shape index (κ1) is 13.8. The van der Waals surface area contributed by atoms with Gasteiger partial charge in [-0.05, 0) is 38.1 Å². The maximum Gasteiger partial charge on any atom is 0.0948 e. The van der Waals surface area contributed by atoms with E-state index in [9.17, 15) is 0 Å². The molecular formula is C16H15ClN4. The molecule has 0 radical (unpaired) electrons. The van der Waals surface area contributed by atoms with E-state index in [2.05, 4.69) is 27.2 Å². The molecule has 1 unspecified atom stereocenters. The molecule has 21 heavy (non-hydrogen) atoms. The number of benzene rings is 1. The Morgan fingerprint density at radius 2 is 1.86 bits per heavy atom. The van der Waals surface area contributed by atoms with Crippen molar-refractivity contribution in [2.45, 2.75) is 19.9 Å². The smallest absolute Gasteiger partial charge is 0.0948 e. The minimum atomic E-state index is 0.0325. The van der Waals surface area contributed by atoms with Crippen molar-refractivity contribution in [3.8, 4) is 0 Å². The third kappa shape index (κ3) is 2.67. The lowest BCUT2D eigenvalue weighted by molar-refractivity contribution is 0.811. The number of aromatic nitrogens is 3. The van der Waals surface area contributed by atoms with E-state index >= 15 is 0 Å². The topological polar surface area (TPSA) is 50.7 Å². The average molecular weight is 299 g/mol. The molecule has 0 aliphatic rings. The lowest BCUT2D eigenvalue weighted by Crippen LogP contribution is -2.11. The highest BCUT2D eigenvalue weighted by atomic mass is 35.5. The highest BCUT2D eigenvalue weighted by Gasteiger charge is 2.13. The van der Waals surface area contributed by atoms with Gasteiger partial charge in [-0.1, -0.05) is 11.6 Å². The maximum atomic E-state index is 6.22. The molecule has 0 saturated heterocycles. The Kier molecular flexibility index (Phi) is 3.71. The van der Waals surface area contributed by atoms with Crippen molar-refractivity contribution in [2.75, 3.05) is 5.32 Å².